The number of nitrogens with one attached hydrogen (secondary N) is 1. The number of aromatic hydroxyl groups is 1. The van der Waals surface area contributed by atoms with Crippen molar-refractivity contribution in [2.75, 3.05) is 65.1 Å². The third-order valence-corrected chi connectivity index (χ3v) is 9.09. The molecule has 1 aromatic rings. The van der Waals surface area contributed by atoms with Crippen molar-refractivity contribution in [1.29, 1.82) is 0 Å². The van der Waals surface area contributed by atoms with Crippen LogP contribution < -0.4 is 16.0 Å². The van der Waals surface area contributed by atoms with Gasteiger partial charge in [-0.25, -0.2) is 4.79 Å². The molecule has 7 N–H and O–H groups in total. The van der Waals surface area contributed by atoms with Crippen LogP contribution >= 0.6 is 0 Å². The Bertz CT molecular complexity index is 1580. The van der Waals surface area contributed by atoms with Gasteiger partial charge in [0.2, 0.25) is 11.7 Å². The first-order valence-electron chi connectivity index (χ1n) is 14.0. The minimum absolute atomic E-state index is 0.0454. The number of phenols is 1. The number of phenolic OH excluding ortho intramolecular Hbond substituents is 1. The van der Waals surface area contributed by atoms with Gasteiger partial charge in [0.25, 0.3) is 5.91 Å². The predicted molar refractivity (Wildman–Crippen MR) is 156 cm³/mol. The third-order valence-electron chi connectivity index (χ3n) is 9.09. The number of urea groups is 1. The number of hydrogen-bond donors (Lipinski definition) is 6. The van der Waals surface area contributed by atoms with Crippen molar-refractivity contribution >= 4 is 40.8 Å². The average Bonchev–Trinajstić information content (AvgIpc) is 3.23. The summed E-state index contributed by atoms with van der Waals surface area (Å²) in [6.45, 7) is 0.513. The molecular formula is C29H36N6O9. The minimum Gasteiger partial charge on any atom is -0.510 e. The van der Waals surface area contributed by atoms with E-state index in [-0.39, 0.29) is 42.2 Å². The number of ketones is 2. The van der Waals surface area contributed by atoms with Gasteiger partial charge in [-0.05, 0) is 44.5 Å². The number of carbonyl (C=O) groups excluding carboxylic acids is 5. The Kier molecular flexibility index (Phi) is 7.37. The third kappa shape index (κ3) is 4.37. The molecule has 1 heterocycles. The molecule has 236 valence electrons. The molecule has 4 aliphatic rings. The molecular weight excluding hydrogens is 576 g/mol. The average molecular weight is 613 g/mol. The first-order chi connectivity index (χ1) is 20.5. The summed E-state index contributed by atoms with van der Waals surface area (Å²) in [5, 5.41) is 48.1. The molecule has 3 aliphatic carbocycles. The van der Waals surface area contributed by atoms with E-state index in [1.165, 1.54) is 20.8 Å². The van der Waals surface area contributed by atoms with Gasteiger partial charge >= 0.3 is 6.03 Å². The van der Waals surface area contributed by atoms with Gasteiger partial charge in [-0.3, -0.25) is 24.1 Å². The number of nitrogens with zero attached hydrogens (tertiary/aromatic N) is 4. The van der Waals surface area contributed by atoms with Crippen molar-refractivity contribution < 1.29 is 44.4 Å². The fraction of sp³-hybridized carbons (Fsp3) is 0.483. The zero-order valence-electron chi connectivity index (χ0n) is 25.0. The zero-order valence-corrected chi connectivity index (χ0v) is 25.0. The van der Waals surface area contributed by atoms with Crippen molar-refractivity contribution in [1.82, 2.24) is 14.7 Å². The molecule has 15 heteroatoms. The van der Waals surface area contributed by atoms with Crippen LogP contribution in [0.1, 0.15) is 22.3 Å². The molecule has 2 unspecified atom stereocenters. The molecule has 5 rings (SSSR count). The van der Waals surface area contributed by atoms with E-state index in [0.29, 0.717) is 24.3 Å². The highest BCUT2D eigenvalue weighted by Gasteiger charge is 2.63. The highest BCUT2D eigenvalue weighted by molar-refractivity contribution is 6.25. The standard InChI is InChI=1S/C29H36N6O9/c1-32(2)16-10-15(31-17(36)11-35-7-6-34(5)28(35)43)22(37)19-13(16)8-12-9-14-21(33(3)4)24(39)20(27(30)42)26(41)29(14,44)25(40)18(12)23(19)38/h10,12,14,21,37,39-40,44H,6-9,11H2,1-5H3,(H2,30,42)(H,31,36)/t12?,14?,21-,29-/m0/s1. The topological polar surface area (TPSA) is 217 Å². The Morgan fingerprint density at radius 2 is 1.77 bits per heavy atom. The lowest BCUT2D eigenvalue weighted by Crippen LogP contribution is -2.63. The molecule has 0 bridgehead atoms. The van der Waals surface area contributed by atoms with Crippen LogP contribution in [0, 0.1) is 11.8 Å². The summed E-state index contributed by atoms with van der Waals surface area (Å²) in [7, 11) is 8.15. The maximum Gasteiger partial charge on any atom is 0.320 e. The van der Waals surface area contributed by atoms with Crippen LogP contribution in [0.2, 0.25) is 0 Å². The van der Waals surface area contributed by atoms with Gasteiger partial charge in [-0.2, -0.15) is 0 Å². The Morgan fingerprint density at radius 1 is 1.11 bits per heavy atom. The number of hydrogen-bond acceptors (Lipinski definition) is 11. The lowest BCUT2D eigenvalue weighted by atomic mass is 9.58. The summed E-state index contributed by atoms with van der Waals surface area (Å²) in [5.41, 5.74) is 1.99. The van der Waals surface area contributed by atoms with Gasteiger partial charge in [-0.15, -0.1) is 0 Å². The summed E-state index contributed by atoms with van der Waals surface area (Å²) < 4.78 is 0. The van der Waals surface area contributed by atoms with E-state index in [9.17, 15) is 44.4 Å². The molecule has 1 saturated heterocycles. The largest absolute Gasteiger partial charge is 0.510 e. The summed E-state index contributed by atoms with van der Waals surface area (Å²) in [4.78, 5) is 70.9. The van der Waals surface area contributed by atoms with E-state index in [0.717, 1.165) is 0 Å². The number of benzene rings is 1. The monoisotopic (exact) mass is 612 g/mol. The smallest absolute Gasteiger partial charge is 0.320 e. The number of primary amides is 1. The number of rotatable bonds is 6. The maximum atomic E-state index is 14.1. The summed E-state index contributed by atoms with van der Waals surface area (Å²) in [5.74, 6) is -8.20. The number of anilines is 2. The highest BCUT2D eigenvalue weighted by Crippen LogP contribution is 2.53. The number of likely N-dealkylation sites (N-methyl/N-ethyl adjacent to an activating group) is 2. The molecule has 0 spiro atoms. The van der Waals surface area contributed by atoms with Gasteiger partial charge in [0.05, 0.1) is 17.3 Å². The normalized spacial score (nSPS) is 26.6. The van der Waals surface area contributed by atoms with Gasteiger partial charge in [0.15, 0.2) is 17.1 Å². The van der Waals surface area contributed by atoms with Gasteiger partial charge in [0.1, 0.15) is 23.6 Å². The fourth-order valence-corrected chi connectivity index (χ4v) is 7.01. The summed E-state index contributed by atoms with van der Waals surface area (Å²) in [6.07, 6.45) is 0.0502. The minimum atomic E-state index is -2.76. The van der Waals surface area contributed by atoms with Crippen molar-refractivity contribution in [3.8, 4) is 5.75 Å². The van der Waals surface area contributed by atoms with Crippen molar-refractivity contribution in [3.63, 3.8) is 0 Å². The number of allylic oxidation sites excluding steroid dienone is 1. The van der Waals surface area contributed by atoms with Crippen LogP contribution in [0.15, 0.2) is 28.7 Å². The van der Waals surface area contributed by atoms with Crippen LogP contribution in [0.25, 0.3) is 0 Å². The van der Waals surface area contributed by atoms with Crippen molar-refractivity contribution in [3.05, 3.63) is 39.9 Å². The van der Waals surface area contributed by atoms with E-state index >= 15 is 0 Å². The fourth-order valence-electron chi connectivity index (χ4n) is 7.01. The van der Waals surface area contributed by atoms with Gasteiger partial charge < -0.3 is 46.2 Å². The van der Waals surface area contributed by atoms with Crippen LogP contribution in [-0.2, 0) is 20.8 Å². The Labute approximate surface area is 252 Å². The second kappa shape index (κ2) is 10.5. The van der Waals surface area contributed by atoms with Gasteiger partial charge in [-0.1, -0.05) is 0 Å². The van der Waals surface area contributed by atoms with Crippen LogP contribution in [0.5, 0.6) is 5.75 Å². The predicted octanol–water partition coefficient (Wildman–Crippen LogP) is -0.507. The van der Waals surface area contributed by atoms with E-state index in [1.54, 1.807) is 40.1 Å². The molecule has 1 aliphatic heterocycles. The van der Waals surface area contributed by atoms with E-state index in [2.05, 4.69) is 5.32 Å². The number of amides is 4. The van der Waals surface area contributed by atoms with Crippen molar-refractivity contribution in [2.24, 2.45) is 17.6 Å². The SMILES string of the molecule is CN1CCN(CC(=O)Nc2cc(N(C)C)c3c(c2O)C(=O)C2=C(O)[C@]4(O)C(=O)C(C(N)=O)=C(O)[C@@H](N(C)C)C4CC2C3)C1=O. The first kappa shape index (κ1) is 30.8. The quantitative estimate of drug-likeness (QED) is 0.178. The molecule has 1 fully saturated rings. The van der Waals surface area contributed by atoms with Crippen molar-refractivity contribution in [2.45, 2.75) is 24.5 Å². The number of aliphatic hydroxyl groups excluding tert-OH is 2. The molecule has 0 aromatic heterocycles. The summed E-state index contributed by atoms with van der Waals surface area (Å²) >= 11 is 0. The molecule has 1 aromatic carbocycles. The van der Waals surface area contributed by atoms with E-state index in [4.69, 9.17) is 5.73 Å². The number of fused-ring (bicyclic) bond motifs is 3. The summed E-state index contributed by atoms with van der Waals surface area (Å²) in [6, 6.07) is 0.0882. The molecule has 4 amide bonds. The van der Waals surface area contributed by atoms with E-state index < -0.39 is 69.7 Å². The highest BCUT2D eigenvalue weighted by atomic mass is 16.3. The molecule has 0 radical (unpaired) electrons. The number of carbonyl (C=O) groups is 5. The van der Waals surface area contributed by atoms with E-state index in [1.807, 2.05) is 0 Å². The zero-order chi connectivity index (χ0) is 32.6. The number of Topliss-reactive ketones (excluding diaryl/α,β-unsaturated/α-hetero) is 2. The number of aliphatic hydroxyl groups is 3. The lowest BCUT2D eigenvalue weighted by molar-refractivity contribution is -0.148. The second-order valence-electron chi connectivity index (χ2n) is 12.2. The molecule has 0 saturated carbocycles. The lowest BCUT2D eigenvalue weighted by Gasteiger charge is -2.50. The number of nitrogens with two attached hydrogens (primary N) is 1. The Hall–Kier alpha value is -4.63. The second-order valence-corrected chi connectivity index (χ2v) is 12.2. The van der Waals surface area contributed by atoms with Crippen LogP contribution in [-0.4, -0.2) is 131 Å². The Morgan fingerprint density at radius 3 is 2.32 bits per heavy atom. The Balaban J connectivity index is 1.60. The maximum absolute atomic E-state index is 14.1. The van der Waals surface area contributed by atoms with Crippen LogP contribution in [0.3, 0.4) is 0 Å². The molecule has 44 heavy (non-hydrogen) atoms. The van der Waals surface area contributed by atoms with Crippen LogP contribution in [0.4, 0.5) is 16.2 Å². The van der Waals surface area contributed by atoms with Gasteiger partial charge in [0, 0.05) is 51.4 Å². The molecule has 4 atom stereocenters. The first-order valence-corrected chi connectivity index (χ1v) is 14.0. The molecule has 15 nitrogen and oxygen atoms in total.